The molecule has 0 bridgehead atoms. The van der Waals surface area contributed by atoms with Crippen molar-refractivity contribution in [2.24, 2.45) is 0 Å². The molecule has 1 aromatic carbocycles. The summed E-state index contributed by atoms with van der Waals surface area (Å²) in [7, 11) is 2.04. The minimum atomic E-state index is 0.271. The van der Waals surface area contributed by atoms with Crippen LogP contribution in [0, 0.1) is 6.92 Å². The van der Waals surface area contributed by atoms with Crippen LogP contribution in [0.4, 0.5) is 0 Å². The molecule has 21 heavy (non-hydrogen) atoms. The van der Waals surface area contributed by atoms with Crippen molar-refractivity contribution >= 4 is 0 Å². The maximum Gasteiger partial charge on any atom is 0.241 e. The number of rotatable bonds is 8. The summed E-state index contributed by atoms with van der Waals surface area (Å²) in [5.74, 6) is 1.29. The first-order valence-corrected chi connectivity index (χ1v) is 7.38. The van der Waals surface area contributed by atoms with Crippen molar-refractivity contribution in [3.8, 4) is 11.4 Å². The predicted octanol–water partition coefficient (Wildman–Crippen LogP) is 2.64. The van der Waals surface area contributed by atoms with Gasteiger partial charge in [-0.25, -0.2) is 0 Å². The first-order valence-electron chi connectivity index (χ1n) is 7.38. The van der Waals surface area contributed by atoms with Crippen LogP contribution in [0.1, 0.15) is 30.7 Å². The van der Waals surface area contributed by atoms with Gasteiger partial charge in [0.2, 0.25) is 11.7 Å². The SMILES string of the molecule is Cc1ccccc1-c1noc(CN(C)CCCCCO)n1. The molecular weight excluding hydrogens is 266 g/mol. The molecule has 5 nitrogen and oxygen atoms in total. The number of nitrogens with zero attached hydrogens (tertiary/aromatic N) is 3. The van der Waals surface area contributed by atoms with Crippen molar-refractivity contribution in [3.05, 3.63) is 35.7 Å². The Labute approximate surface area is 125 Å². The van der Waals surface area contributed by atoms with Crippen LogP contribution in [-0.4, -0.2) is 40.3 Å². The highest BCUT2D eigenvalue weighted by Crippen LogP contribution is 2.20. The molecule has 0 aliphatic rings. The van der Waals surface area contributed by atoms with E-state index >= 15 is 0 Å². The summed E-state index contributed by atoms with van der Waals surface area (Å²) in [6.07, 6.45) is 2.97. The normalized spacial score (nSPS) is 11.2. The lowest BCUT2D eigenvalue weighted by molar-refractivity contribution is 0.251. The second kappa shape index (κ2) is 7.90. The van der Waals surface area contributed by atoms with Crippen molar-refractivity contribution in [2.75, 3.05) is 20.2 Å². The first kappa shape index (κ1) is 15.7. The van der Waals surface area contributed by atoms with E-state index in [0.717, 1.165) is 36.9 Å². The number of hydrogen-bond acceptors (Lipinski definition) is 5. The third-order valence-corrected chi connectivity index (χ3v) is 3.46. The fraction of sp³-hybridized carbons (Fsp3) is 0.500. The van der Waals surface area contributed by atoms with Gasteiger partial charge in [0.25, 0.3) is 0 Å². The van der Waals surface area contributed by atoms with Gasteiger partial charge >= 0.3 is 0 Å². The molecule has 0 fully saturated rings. The zero-order valence-electron chi connectivity index (χ0n) is 12.7. The molecule has 0 spiro atoms. The molecule has 0 atom stereocenters. The van der Waals surface area contributed by atoms with Crippen molar-refractivity contribution in [2.45, 2.75) is 32.7 Å². The van der Waals surface area contributed by atoms with Gasteiger partial charge in [0.15, 0.2) is 0 Å². The lowest BCUT2D eigenvalue weighted by Crippen LogP contribution is -2.19. The molecule has 5 heteroatoms. The van der Waals surface area contributed by atoms with Gasteiger partial charge in [-0.2, -0.15) is 4.98 Å². The lowest BCUT2D eigenvalue weighted by Gasteiger charge is -2.13. The summed E-state index contributed by atoms with van der Waals surface area (Å²) in [6.45, 7) is 3.92. The zero-order valence-corrected chi connectivity index (χ0v) is 12.7. The molecule has 0 aliphatic heterocycles. The molecule has 1 heterocycles. The molecule has 1 aromatic heterocycles. The third-order valence-electron chi connectivity index (χ3n) is 3.46. The minimum absolute atomic E-state index is 0.271. The highest BCUT2D eigenvalue weighted by molar-refractivity contribution is 5.58. The smallest absolute Gasteiger partial charge is 0.241 e. The van der Waals surface area contributed by atoms with Crippen molar-refractivity contribution in [1.82, 2.24) is 15.0 Å². The third kappa shape index (κ3) is 4.65. The second-order valence-electron chi connectivity index (χ2n) is 5.35. The number of aryl methyl sites for hydroxylation is 1. The van der Waals surface area contributed by atoms with Gasteiger partial charge in [-0.1, -0.05) is 29.4 Å². The average molecular weight is 289 g/mol. The van der Waals surface area contributed by atoms with Gasteiger partial charge in [0.1, 0.15) is 0 Å². The fourth-order valence-corrected chi connectivity index (χ4v) is 2.23. The Morgan fingerprint density at radius 3 is 2.76 bits per heavy atom. The summed E-state index contributed by atoms with van der Waals surface area (Å²) in [6, 6.07) is 8.02. The Balaban J connectivity index is 1.90. The van der Waals surface area contributed by atoms with E-state index in [0.29, 0.717) is 18.3 Å². The van der Waals surface area contributed by atoms with E-state index in [1.54, 1.807) is 0 Å². The van der Waals surface area contributed by atoms with Crippen LogP contribution in [0.25, 0.3) is 11.4 Å². The molecule has 114 valence electrons. The summed E-state index contributed by atoms with van der Waals surface area (Å²) >= 11 is 0. The molecule has 2 aromatic rings. The minimum Gasteiger partial charge on any atom is -0.396 e. The molecule has 0 saturated carbocycles. The van der Waals surface area contributed by atoms with E-state index in [9.17, 15) is 0 Å². The summed E-state index contributed by atoms with van der Waals surface area (Å²) < 4.78 is 5.33. The molecule has 0 amide bonds. The van der Waals surface area contributed by atoms with Crippen LogP contribution < -0.4 is 0 Å². The van der Waals surface area contributed by atoms with E-state index in [1.165, 1.54) is 0 Å². The molecule has 2 rings (SSSR count). The van der Waals surface area contributed by atoms with Gasteiger partial charge < -0.3 is 9.63 Å². The summed E-state index contributed by atoms with van der Waals surface area (Å²) in [5.41, 5.74) is 2.15. The standard InChI is InChI=1S/C16H23N3O2/c1-13-8-4-5-9-14(13)16-17-15(21-18-16)12-19(2)10-6-3-7-11-20/h4-5,8-9,20H,3,6-7,10-12H2,1-2H3. The average Bonchev–Trinajstić information content (AvgIpc) is 2.92. The number of unbranched alkanes of at least 4 members (excludes halogenated alkanes) is 2. The number of aromatic nitrogens is 2. The van der Waals surface area contributed by atoms with Gasteiger partial charge in [-0.05, 0) is 45.3 Å². The number of aliphatic hydroxyl groups is 1. The van der Waals surface area contributed by atoms with Crippen molar-refractivity contribution < 1.29 is 9.63 Å². The van der Waals surface area contributed by atoms with Gasteiger partial charge in [-0.15, -0.1) is 0 Å². The topological polar surface area (TPSA) is 62.4 Å². The zero-order chi connectivity index (χ0) is 15.1. The van der Waals surface area contributed by atoms with Crippen LogP contribution in [0.5, 0.6) is 0 Å². The number of aliphatic hydroxyl groups excluding tert-OH is 1. The number of benzene rings is 1. The number of hydrogen-bond donors (Lipinski definition) is 1. The van der Waals surface area contributed by atoms with Crippen LogP contribution >= 0.6 is 0 Å². The van der Waals surface area contributed by atoms with Crippen LogP contribution in [-0.2, 0) is 6.54 Å². The van der Waals surface area contributed by atoms with Gasteiger partial charge in [0.05, 0.1) is 6.54 Å². The van der Waals surface area contributed by atoms with Gasteiger partial charge in [-0.3, -0.25) is 4.90 Å². The van der Waals surface area contributed by atoms with Crippen molar-refractivity contribution in [1.29, 1.82) is 0 Å². The summed E-state index contributed by atoms with van der Waals surface area (Å²) in [5, 5.41) is 12.8. The van der Waals surface area contributed by atoms with E-state index in [4.69, 9.17) is 9.63 Å². The Bertz CT molecular complexity index is 554. The van der Waals surface area contributed by atoms with Gasteiger partial charge in [0, 0.05) is 12.2 Å². The molecule has 0 saturated heterocycles. The molecule has 0 radical (unpaired) electrons. The summed E-state index contributed by atoms with van der Waals surface area (Å²) in [4.78, 5) is 6.63. The van der Waals surface area contributed by atoms with Crippen molar-refractivity contribution in [3.63, 3.8) is 0 Å². The van der Waals surface area contributed by atoms with E-state index < -0.39 is 0 Å². The predicted molar refractivity (Wildman–Crippen MR) is 81.7 cm³/mol. The van der Waals surface area contributed by atoms with Crippen LogP contribution in [0.3, 0.4) is 0 Å². The van der Waals surface area contributed by atoms with E-state index in [-0.39, 0.29) is 6.61 Å². The largest absolute Gasteiger partial charge is 0.396 e. The van der Waals surface area contributed by atoms with Crippen LogP contribution in [0.15, 0.2) is 28.8 Å². The first-order chi connectivity index (χ1) is 10.2. The fourth-order valence-electron chi connectivity index (χ4n) is 2.23. The monoisotopic (exact) mass is 289 g/mol. The Hall–Kier alpha value is -1.72. The molecule has 0 unspecified atom stereocenters. The maximum atomic E-state index is 8.75. The molecular formula is C16H23N3O2. The Kier molecular flexibility index (Phi) is 5.90. The maximum absolute atomic E-state index is 8.75. The Morgan fingerprint density at radius 1 is 1.19 bits per heavy atom. The quantitative estimate of drug-likeness (QED) is 0.757. The van der Waals surface area contributed by atoms with E-state index in [2.05, 4.69) is 15.0 Å². The lowest BCUT2D eigenvalue weighted by atomic mass is 10.1. The molecule has 0 aliphatic carbocycles. The van der Waals surface area contributed by atoms with E-state index in [1.807, 2.05) is 38.2 Å². The highest BCUT2D eigenvalue weighted by atomic mass is 16.5. The second-order valence-corrected chi connectivity index (χ2v) is 5.35. The van der Waals surface area contributed by atoms with Crippen LogP contribution in [0.2, 0.25) is 0 Å². The molecule has 1 N–H and O–H groups in total. The Morgan fingerprint density at radius 2 is 2.00 bits per heavy atom. The highest BCUT2D eigenvalue weighted by Gasteiger charge is 2.11.